The van der Waals surface area contributed by atoms with Crippen LogP contribution >= 0.6 is 23.7 Å². The predicted octanol–water partition coefficient (Wildman–Crippen LogP) is 1.30. The average Bonchev–Trinajstić information content (AvgIpc) is 2.90. The van der Waals surface area contributed by atoms with Crippen LogP contribution < -0.4 is 16.4 Å². The maximum Gasteiger partial charge on any atom is 0.434 e. The number of aromatic nitrogens is 1. The number of rotatable bonds is 6. The Morgan fingerprint density at radius 2 is 1.96 bits per heavy atom. The number of alkyl halides is 3. The third kappa shape index (κ3) is 7.14. The van der Waals surface area contributed by atoms with Crippen LogP contribution in [-0.4, -0.2) is 29.4 Å². The molecule has 1 heterocycles. The van der Waals surface area contributed by atoms with Gasteiger partial charge in [-0.1, -0.05) is 13.8 Å². The van der Waals surface area contributed by atoms with E-state index < -0.39 is 29.7 Å². The highest BCUT2D eigenvalue weighted by atomic mass is 35.5. The normalized spacial score (nSPS) is 12.5. The predicted molar refractivity (Wildman–Crippen MR) is 82.0 cm³/mol. The van der Waals surface area contributed by atoms with Crippen molar-refractivity contribution < 1.29 is 22.8 Å². The number of thiazole rings is 1. The SMILES string of the molecule is CC(C)[C@H](N)C(=O)NCC(=O)NCc1nc(C(F)(F)F)cs1.Cl. The highest BCUT2D eigenvalue weighted by molar-refractivity contribution is 7.09. The molecule has 6 nitrogen and oxygen atoms in total. The maximum absolute atomic E-state index is 12.3. The standard InChI is InChI=1S/C12H17F3N4O2S.ClH/c1-6(2)10(16)11(21)18-3-8(20)17-4-9-19-7(5-22-9)12(13,14)15;/h5-6,10H,3-4,16H2,1-2H3,(H,17,20)(H,18,21);1H/t10-;/m0./s1. The van der Waals surface area contributed by atoms with Crippen LogP contribution in [0.4, 0.5) is 13.2 Å². The molecule has 1 rings (SSSR count). The van der Waals surface area contributed by atoms with Crippen LogP contribution in [0.2, 0.25) is 0 Å². The molecule has 2 amide bonds. The number of carbonyl (C=O) groups excluding carboxylic acids is 2. The Labute approximate surface area is 141 Å². The zero-order valence-corrected chi connectivity index (χ0v) is 14.1. The van der Waals surface area contributed by atoms with Crippen LogP contribution in [0.1, 0.15) is 24.5 Å². The van der Waals surface area contributed by atoms with Gasteiger partial charge in [-0.15, -0.1) is 23.7 Å². The summed E-state index contributed by atoms with van der Waals surface area (Å²) in [5.41, 5.74) is 4.61. The molecular weight excluding hydrogens is 357 g/mol. The molecule has 11 heteroatoms. The summed E-state index contributed by atoms with van der Waals surface area (Å²) >= 11 is 0.798. The Bertz CT molecular complexity index is 537. The van der Waals surface area contributed by atoms with E-state index >= 15 is 0 Å². The molecule has 0 saturated carbocycles. The Kier molecular flexibility index (Phi) is 8.49. The van der Waals surface area contributed by atoms with Crippen molar-refractivity contribution in [2.24, 2.45) is 11.7 Å². The Hall–Kier alpha value is -1.39. The minimum Gasteiger partial charge on any atom is -0.348 e. The van der Waals surface area contributed by atoms with Gasteiger partial charge in [-0.05, 0) is 5.92 Å². The summed E-state index contributed by atoms with van der Waals surface area (Å²) in [6.45, 7) is 3.11. The lowest BCUT2D eigenvalue weighted by molar-refractivity contribution is -0.140. The number of nitrogens with zero attached hydrogens (tertiary/aromatic N) is 1. The second-order valence-corrected chi connectivity index (χ2v) is 5.83. The fourth-order valence-electron chi connectivity index (χ4n) is 1.35. The van der Waals surface area contributed by atoms with Crippen molar-refractivity contribution in [3.63, 3.8) is 0 Å². The molecule has 0 aromatic carbocycles. The van der Waals surface area contributed by atoms with Crippen LogP contribution in [0, 0.1) is 5.92 Å². The quantitative estimate of drug-likeness (QED) is 0.699. The summed E-state index contributed by atoms with van der Waals surface area (Å²) in [5, 5.41) is 5.74. The number of nitrogens with one attached hydrogen (secondary N) is 2. The number of hydrogen-bond donors (Lipinski definition) is 3. The number of halogens is 4. The van der Waals surface area contributed by atoms with Crippen LogP contribution in [0.3, 0.4) is 0 Å². The third-order valence-electron chi connectivity index (χ3n) is 2.72. The maximum atomic E-state index is 12.3. The molecule has 132 valence electrons. The summed E-state index contributed by atoms with van der Waals surface area (Å²) in [7, 11) is 0. The second-order valence-electron chi connectivity index (χ2n) is 4.89. The highest BCUT2D eigenvalue weighted by Crippen LogP contribution is 2.29. The van der Waals surface area contributed by atoms with E-state index in [-0.39, 0.29) is 36.4 Å². The number of amides is 2. The molecule has 0 radical (unpaired) electrons. The van der Waals surface area contributed by atoms with E-state index in [9.17, 15) is 22.8 Å². The molecular formula is C12H18ClF3N4O2S. The molecule has 0 unspecified atom stereocenters. The fourth-order valence-corrected chi connectivity index (χ4v) is 2.09. The van der Waals surface area contributed by atoms with E-state index in [0.717, 1.165) is 16.7 Å². The molecule has 0 bridgehead atoms. The molecule has 1 aromatic rings. The van der Waals surface area contributed by atoms with Gasteiger partial charge in [0.2, 0.25) is 11.8 Å². The van der Waals surface area contributed by atoms with Crippen molar-refractivity contribution in [2.75, 3.05) is 6.54 Å². The number of carbonyl (C=O) groups is 2. The van der Waals surface area contributed by atoms with E-state index in [1.165, 1.54) is 0 Å². The molecule has 0 fully saturated rings. The van der Waals surface area contributed by atoms with Gasteiger partial charge < -0.3 is 16.4 Å². The lowest BCUT2D eigenvalue weighted by atomic mass is 10.1. The van der Waals surface area contributed by atoms with Crippen molar-refractivity contribution in [3.05, 3.63) is 16.1 Å². The molecule has 1 atom stereocenters. The van der Waals surface area contributed by atoms with Crippen molar-refractivity contribution >= 4 is 35.6 Å². The molecule has 0 spiro atoms. The van der Waals surface area contributed by atoms with E-state index in [0.29, 0.717) is 0 Å². The summed E-state index contributed by atoms with van der Waals surface area (Å²) in [6.07, 6.45) is -4.50. The molecule has 0 aliphatic carbocycles. The van der Waals surface area contributed by atoms with E-state index in [4.69, 9.17) is 5.73 Å². The topological polar surface area (TPSA) is 97.1 Å². The summed E-state index contributed by atoms with van der Waals surface area (Å²) < 4.78 is 37.0. The first-order valence-corrected chi connectivity index (χ1v) is 7.30. The zero-order chi connectivity index (χ0) is 16.9. The monoisotopic (exact) mass is 374 g/mol. The van der Waals surface area contributed by atoms with Gasteiger partial charge in [-0.2, -0.15) is 13.2 Å². The van der Waals surface area contributed by atoms with Gasteiger partial charge in [0.1, 0.15) is 5.01 Å². The first-order chi connectivity index (χ1) is 10.1. The minimum atomic E-state index is -4.50. The number of nitrogens with two attached hydrogens (primary N) is 1. The summed E-state index contributed by atoms with van der Waals surface area (Å²) in [5.74, 6) is -1.06. The van der Waals surface area contributed by atoms with Gasteiger partial charge in [0.15, 0.2) is 5.69 Å². The number of hydrogen-bond acceptors (Lipinski definition) is 5. The van der Waals surface area contributed by atoms with Gasteiger partial charge in [0, 0.05) is 5.38 Å². The minimum absolute atomic E-state index is 0. The first kappa shape index (κ1) is 21.6. The molecule has 23 heavy (non-hydrogen) atoms. The second kappa shape index (κ2) is 9.04. The lowest BCUT2D eigenvalue weighted by Gasteiger charge is -2.14. The van der Waals surface area contributed by atoms with E-state index in [2.05, 4.69) is 15.6 Å². The van der Waals surface area contributed by atoms with Crippen LogP contribution in [0.15, 0.2) is 5.38 Å². The molecule has 4 N–H and O–H groups in total. The largest absolute Gasteiger partial charge is 0.434 e. The van der Waals surface area contributed by atoms with Gasteiger partial charge in [0.05, 0.1) is 19.1 Å². The molecule has 0 aliphatic heterocycles. The van der Waals surface area contributed by atoms with Gasteiger partial charge in [-0.3, -0.25) is 9.59 Å². The Morgan fingerprint density at radius 3 is 2.43 bits per heavy atom. The van der Waals surface area contributed by atoms with Crippen molar-refractivity contribution in [1.29, 1.82) is 0 Å². The summed E-state index contributed by atoms with van der Waals surface area (Å²) in [6, 6.07) is -0.721. The average molecular weight is 375 g/mol. The fraction of sp³-hybridized carbons (Fsp3) is 0.583. The first-order valence-electron chi connectivity index (χ1n) is 6.43. The Morgan fingerprint density at radius 1 is 1.35 bits per heavy atom. The van der Waals surface area contributed by atoms with Gasteiger partial charge in [0.25, 0.3) is 0 Å². The van der Waals surface area contributed by atoms with Crippen molar-refractivity contribution in [3.8, 4) is 0 Å². The van der Waals surface area contributed by atoms with Crippen LogP contribution in [0.25, 0.3) is 0 Å². The van der Waals surface area contributed by atoms with Crippen LogP contribution in [0.5, 0.6) is 0 Å². The van der Waals surface area contributed by atoms with Crippen molar-refractivity contribution in [1.82, 2.24) is 15.6 Å². The lowest BCUT2D eigenvalue weighted by Crippen LogP contribution is -2.47. The molecule has 0 saturated heterocycles. The van der Waals surface area contributed by atoms with Crippen molar-refractivity contribution in [2.45, 2.75) is 32.6 Å². The van der Waals surface area contributed by atoms with E-state index in [1.54, 1.807) is 13.8 Å². The van der Waals surface area contributed by atoms with Gasteiger partial charge in [-0.25, -0.2) is 4.98 Å². The third-order valence-corrected chi connectivity index (χ3v) is 3.57. The Balaban J connectivity index is 0.00000484. The smallest absolute Gasteiger partial charge is 0.348 e. The van der Waals surface area contributed by atoms with E-state index in [1.807, 2.05) is 0 Å². The highest BCUT2D eigenvalue weighted by Gasteiger charge is 2.33. The summed E-state index contributed by atoms with van der Waals surface area (Å²) in [4.78, 5) is 26.4. The van der Waals surface area contributed by atoms with Gasteiger partial charge >= 0.3 is 6.18 Å². The molecule has 1 aromatic heterocycles. The molecule has 0 aliphatic rings. The van der Waals surface area contributed by atoms with Crippen LogP contribution in [-0.2, 0) is 22.3 Å². The zero-order valence-electron chi connectivity index (χ0n) is 12.4.